The normalized spacial score (nSPS) is 12.4. The SMILES string of the molecule is CCOC(=O)C(N)CSCc1ccc(CC)s1. The largest absolute Gasteiger partial charge is 0.465 e. The molecule has 0 bridgehead atoms. The van der Waals surface area contributed by atoms with Crippen molar-refractivity contribution in [3.05, 3.63) is 21.9 Å². The average molecular weight is 273 g/mol. The molecule has 0 fully saturated rings. The van der Waals surface area contributed by atoms with E-state index in [0.717, 1.165) is 12.2 Å². The molecular weight excluding hydrogens is 254 g/mol. The number of thioether (sulfide) groups is 1. The van der Waals surface area contributed by atoms with Gasteiger partial charge in [0.05, 0.1) is 6.61 Å². The van der Waals surface area contributed by atoms with Gasteiger partial charge in [-0.2, -0.15) is 11.8 Å². The molecule has 0 saturated carbocycles. The third-order valence-corrected chi connectivity index (χ3v) is 4.72. The molecule has 0 saturated heterocycles. The summed E-state index contributed by atoms with van der Waals surface area (Å²) in [5.41, 5.74) is 5.71. The molecule has 0 amide bonds. The third kappa shape index (κ3) is 5.10. The van der Waals surface area contributed by atoms with Crippen molar-refractivity contribution >= 4 is 29.1 Å². The zero-order valence-electron chi connectivity index (χ0n) is 10.3. The maximum absolute atomic E-state index is 11.3. The van der Waals surface area contributed by atoms with Crippen LogP contribution >= 0.6 is 23.1 Å². The first-order valence-electron chi connectivity index (χ1n) is 5.74. The summed E-state index contributed by atoms with van der Waals surface area (Å²) in [6, 6.07) is 3.80. The van der Waals surface area contributed by atoms with Crippen LogP contribution in [-0.4, -0.2) is 24.4 Å². The smallest absolute Gasteiger partial charge is 0.323 e. The van der Waals surface area contributed by atoms with E-state index in [2.05, 4.69) is 19.1 Å². The first-order chi connectivity index (χ1) is 8.17. The summed E-state index contributed by atoms with van der Waals surface area (Å²) < 4.78 is 4.85. The van der Waals surface area contributed by atoms with E-state index in [-0.39, 0.29) is 5.97 Å². The lowest BCUT2D eigenvalue weighted by atomic mass is 10.4. The second-order valence-electron chi connectivity index (χ2n) is 3.60. The van der Waals surface area contributed by atoms with Gasteiger partial charge >= 0.3 is 5.97 Å². The van der Waals surface area contributed by atoms with Crippen LogP contribution in [-0.2, 0) is 21.7 Å². The van der Waals surface area contributed by atoms with Gasteiger partial charge in [-0.1, -0.05) is 6.92 Å². The molecule has 0 aromatic carbocycles. The predicted octanol–water partition coefficient (Wildman–Crippen LogP) is 2.43. The van der Waals surface area contributed by atoms with Crippen molar-refractivity contribution in [3.8, 4) is 0 Å². The second kappa shape index (κ2) is 7.74. The van der Waals surface area contributed by atoms with Gasteiger partial charge in [0.25, 0.3) is 0 Å². The molecule has 1 aromatic rings. The minimum Gasteiger partial charge on any atom is -0.465 e. The predicted molar refractivity (Wildman–Crippen MR) is 74.5 cm³/mol. The molecular formula is C12H19NO2S2. The van der Waals surface area contributed by atoms with Gasteiger partial charge in [-0.15, -0.1) is 11.3 Å². The Morgan fingerprint density at radius 3 is 2.76 bits per heavy atom. The van der Waals surface area contributed by atoms with E-state index in [4.69, 9.17) is 10.5 Å². The highest BCUT2D eigenvalue weighted by molar-refractivity contribution is 7.98. The monoisotopic (exact) mass is 273 g/mol. The van der Waals surface area contributed by atoms with Crippen LogP contribution in [0.25, 0.3) is 0 Å². The number of hydrogen-bond acceptors (Lipinski definition) is 5. The fraction of sp³-hybridized carbons (Fsp3) is 0.583. The first-order valence-corrected chi connectivity index (χ1v) is 7.72. The summed E-state index contributed by atoms with van der Waals surface area (Å²) in [5.74, 6) is 1.22. The van der Waals surface area contributed by atoms with E-state index < -0.39 is 6.04 Å². The van der Waals surface area contributed by atoms with Crippen molar-refractivity contribution in [2.75, 3.05) is 12.4 Å². The summed E-state index contributed by atoms with van der Waals surface area (Å²) >= 11 is 3.50. The van der Waals surface area contributed by atoms with Gasteiger partial charge in [0.1, 0.15) is 6.04 Å². The molecule has 1 rings (SSSR count). The molecule has 0 spiro atoms. The number of thiophene rings is 1. The van der Waals surface area contributed by atoms with Gasteiger partial charge in [0.2, 0.25) is 0 Å². The molecule has 96 valence electrons. The molecule has 3 nitrogen and oxygen atoms in total. The topological polar surface area (TPSA) is 52.3 Å². The highest BCUT2D eigenvalue weighted by atomic mass is 32.2. The number of rotatable bonds is 7. The number of carbonyl (C=O) groups is 1. The van der Waals surface area contributed by atoms with E-state index in [9.17, 15) is 4.79 Å². The van der Waals surface area contributed by atoms with Gasteiger partial charge in [0, 0.05) is 21.3 Å². The lowest BCUT2D eigenvalue weighted by Crippen LogP contribution is -2.34. The summed E-state index contributed by atoms with van der Waals surface area (Å²) in [4.78, 5) is 14.0. The van der Waals surface area contributed by atoms with Crippen molar-refractivity contribution < 1.29 is 9.53 Å². The van der Waals surface area contributed by atoms with E-state index in [1.807, 2.05) is 11.3 Å². The van der Waals surface area contributed by atoms with Crippen molar-refractivity contribution in [1.29, 1.82) is 0 Å². The molecule has 2 N–H and O–H groups in total. The average Bonchev–Trinajstić information content (AvgIpc) is 2.77. The Balaban J connectivity index is 2.25. The quantitative estimate of drug-likeness (QED) is 0.775. The maximum Gasteiger partial charge on any atom is 0.323 e. The Morgan fingerprint density at radius 1 is 1.47 bits per heavy atom. The summed E-state index contributed by atoms with van der Waals surface area (Å²) in [7, 11) is 0. The van der Waals surface area contributed by atoms with E-state index in [1.165, 1.54) is 9.75 Å². The van der Waals surface area contributed by atoms with Crippen molar-refractivity contribution in [3.63, 3.8) is 0 Å². The zero-order chi connectivity index (χ0) is 12.7. The van der Waals surface area contributed by atoms with Gasteiger partial charge in [-0.05, 0) is 25.5 Å². The number of nitrogens with two attached hydrogens (primary N) is 1. The molecule has 0 aliphatic rings. The van der Waals surface area contributed by atoms with Crippen molar-refractivity contribution in [2.45, 2.75) is 32.1 Å². The number of aryl methyl sites for hydroxylation is 1. The van der Waals surface area contributed by atoms with E-state index in [0.29, 0.717) is 12.4 Å². The van der Waals surface area contributed by atoms with Crippen molar-refractivity contribution in [1.82, 2.24) is 0 Å². The number of hydrogen-bond donors (Lipinski definition) is 1. The zero-order valence-corrected chi connectivity index (χ0v) is 11.9. The number of ether oxygens (including phenoxy) is 1. The van der Waals surface area contributed by atoms with Crippen LogP contribution in [0.15, 0.2) is 12.1 Å². The Kier molecular flexibility index (Phi) is 6.62. The Morgan fingerprint density at radius 2 is 2.18 bits per heavy atom. The fourth-order valence-corrected chi connectivity index (χ4v) is 3.34. The molecule has 1 atom stereocenters. The van der Waals surface area contributed by atoms with Crippen LogP contribution in [0.2, 0.25) is 0 Å². The molecule has 0 aliphatic carbocycles. The lowest BCUT2D eigenvalue weighted by Gasteiger charge is -2.09. The summed E-state index contributed by atoms with van der Waals surface area (Å²) in [6.45, 7) is 4.33. The molecule has 17 heavy (non-hydrogen) atoms. The highest BCUT2D eigenvalue weighted by Crippen LogP contribution is 2.22. The molecule has 1 heterocycles. The van der Waals surface area contributed by atoms with Crippen LogP contribution in [0.3, 0.4) is 0 Å². The standard InChI is InChI=1S/C12H19NO2S2/c1-3-9-5-6-10(17-9)7-16-8-11(13)12(14)15-4-2/h5-6,11H,3-4,7-8,13H2,1-2H3. The second-order valence-corrected chi connectivity index (χ2v) is 5.88. The molecule has 0 radical (unpaired) electrons. The van der Waals surface area contributed by atoms with E-state index in [1.54, 1.807) is 18.7 Å². The lowest BCUT2D eigenvalue weighted by molar-refractivity contribution is -0.144. The van der Waals surface area contributed by atoms with Gasteiger partial charge < -0.3 is 10.5 Å². The van der Waals surface area contributed by atoms with E-state index >= 15 is 0 Å². The highest BCUT2D eigenvalue weighted by Gasteiger charge is 2.14. The number of esters is 1. The molecule has 0 aliphatic heterocycles. The summed E-state index contributed by atoms with van der Waals surface area (Å²) in [6.07, 6.45) is 1.08. The minimum absolute atomic E-state index is 0.305. The van der Waals surface area contributed by atoms with Crippen molar-refractivity contribution in [2.24, 2.45) is 5.73 Å². The number of carbonyl (C=O) groups excluding carboxylic acids is 1. The van der Waals surface area contributed by atoms with Gasteiger partial charge in [-0.3, -0.25) is 4.79 Å². The van der Waals surface area contributed by atoms with Crippen LogP contribution in [0.5, 0.6) is 0 Å². The van der Waals surface area contributed by atoms with Crippen LogP contribution in [0.1, 0.15) is 23.6 Å². The minimum atomic E-state index is -0.509. The Labute approximate surface area is 111 Å². The van der Waals surface area contributed by atoms with Gasteiger partial charge in [0.15, 0.2) is 0 Å². The Hall–Kier alpha value is -0.520. The first kappa shape index (κ1) is 14.5. The van der Waals surface area contributed by atoms with Crippen LogP contribution < -0.4 is 5.73 Å². The fourth-order valence-electron chi connectivity index (χ4n) is 1.29. The third-order valence-electron chi connectivity index (χ3n) is 2.20. The van der Waals surface area contributed by atoms with Crippen LogP contribution in [0, 0.1) is 0 Å². The maximum atomic E-state index is 11.3. The molecule has 5 heteroatoms. The van der Waals surface area contributed by atoms with Gasteiger partial charge in [-0.25, -0.2) is 0 Å². The molecule has 1 unspecified atom stereocenters. The van der Waals surface area contributed by atoms with Crippen LogP contribution in [0.4, 0.5) is 0 Å². The molecule has 1 aromatic heterocycles. The summed E-state index contributed by atoms with van der Waals surface area (Å²) in [5, 5.41) is 0. The Bertz CT molecular complexity index is 352.